The zero-order valence-corrected chi connectivity index (χ0v) is 15.1. The standard InChI is InChI=1S/C21H16ClNO4/c1-13-11-21(27-20(13)25,15-6-8-16(22)9-7-15)12-26-17-4-2-3-14-5-10-18(24)23-19(14)17/h2-10H,1,11-12H2,(H,23,24). The average molecular weight is 382 g/mol. The molecule has 6 heteroatoms. The third-order valence-corrected chi connectivity index (χ3v) is 4.88. The molecule has 4 rings (SSSR count). The molecule has 0 amide bonds. The Morgan fingerprint density at radius 3 is 2.59 bits per heavy atom. The van der Waals surface area contributed by atoms with Crippen LogP contribution in [-0.4, -0.2) is 17.6 Å². The van der Waals surface area contributed by atoms with E-state index in [9.17, 15) is 9.59 Å². The number of fused-ring (bicyclic) bond motifs is 1. The van der Waals surface area contributed by atoms with E-state index >= 15 is 0 Å². The van der Waals surface area contributed by atoms with Gasteiger partial charge in [0, 0.05) is 28.5 Å². The minimum Gasteiger partial charge on any atom is -0.487 e. The highest BCUT2D eigenvalue weighted by Gasteiger charge is 2.45. The number of pyridine rings is 1. The highest BCUT2D eigenvalue weighted by molar-refractivity contribution is 6.30. The van der Waals surface area contributed by atoms with Gasteiger partial charge in [0.15, 0.2) is 5.60 Å². The number of H-pyrrole nitrogens is 1. The second-order valence-electron chi connectivity index (χ2n) is 6.50. The molecule has 1 saturated heterocycles. The van der Waals surface area contributed by atoms with Crippen LogP contribution in [0.15, 0.2) is 71.5 Å². The first-order valence-electron chi connectivity index (χ1n) is 8.39. The first-order valence-corrected chi connectivity index (χ1v) is 8.77. The number of para-hydroxylation sites is 1. The first-order chi connectivity index (χ1) is 13.0. The Morgan fingerprint density at radius 2 is 1.89 bits per heavy atom. The van der Waals surface area contributed by atoms with E-state index in [1.165, 1.54) is 6.07 Å². The van der Waals surface area contributed by atoms with Crippen molar-refractivity contribution in [3.63, 3.8) is 0 Å². The largest absolute Gasteiger partial charge is 0.487 e. The van der Waals surface area contributed by atoms with Gasteiger partial charge in [0.05, 0.1) is 5.52 Å². The van der Waals surface area contributed by atoms with Crippen molar-refractivity contribution in [2.45, 2.75) is 12.0 Å². The van der Waals surface area contributed by atoms with Gasteiger partial charge in [-0.05, 0) is 29.8 Å². The number of rotatable bonds is 4. The molecule has 1 fully saturated rings. The van der Waals surface area contributed by atoms with Gasteiger partial charge in [-0.25, -0.2) is 4.79 Å². The summed E-state index contributed by atoms with van der Waals surface area (Å²) in [6.07, 6.45) is 0.314. The molecule has 0 spiro atoms. The van der Waals surface area contributed by atoms with E-state index < -0.39 is 11.6 Å². The van der Waals surface area contributed by atoms with Crippen molar-refractivity contribution in [2.75, 3.05) is 6.61 Å². The molecule has 1 unspecified atom stereocenters. The molecule has 1 atom stereocenters. The fourth-order valence-electron chi connectivity index (χ4n) is 3.25. The number of aromatic nitrogens is 1. The van der Waals surface area contributed by atoms with Crippen LogP contribution in [0.3, 0.4) is 0 Å². The number of hydrogen-bond acceptors (Lipinski definition) is 4. The lowest BCUT2D eigenvalue weighted by Gasteiger charge is -2.28. The van der Waals surface area contributed by atoms with Crippen LogP contribution < -0.4 is 10.3 Å². The molecule has 5 nitrogen and oxygen atoms in total. The Balaban J connectivity index is 1.71. The van der Waals surface area contributed by atoms with Gasteiger partial charge in [-0.3, -0.25) is 4.79 Å². The van der Waals surface area contributed by atoms with Crippen molar-refractivity contribution in [2.24, 2.45) is 0 Å². The van der Waals surface area contributed by atoms with Gasteiger partial charge in [-0.2, -0.15) is 0 Å². The van der Waals surface area contributed by atoms with Crippen LogP contribution in [0, 0.1) is 0 Å². The summed E-state index contributed by atoms with van der Waals surface area (Å²) in [5.74, 6) is 0.0620. The van der Waals surface area contributed by atoms with Gasteiger partial charge in [-0.15, -0.1) is 0 Å². The van der Waals surface area contributed by atoms with Crippen molar-refractivity contribution >= 4 is 28.5 Å². The molecule has 27 heavy (non-hydrogen) atoms. The first kappa shape index (κ1) is 17.4. The number of esters is 1. The van der Waals surface area contributed by atoms with Gasteiger partial charge in [0.25, 0.3) is 0 Å². The maximum atomic E-state index is 12.0. The quantitative estimate of drug-likeness (QED) is 0.548. The third-order valence-electron chi connectivity index (χ3n) is 4.63. The van der Waals surface area contributed by atoms with Crippen molar-refractivity contribution < 1.29 is 14.3 Å². The zero-order chi connectivity index (χ0) is 19.0. The fraction of sp³-hybridized carbons (Fsp3) is 0.143. The molecule has 1 N–H and O–H groups in total. The normalized spacial score (nSPS) is 19.3. The molecule has 0 saturated carbocycles. The van der Waals surface area contributed by atoms with Gasteiger partial charge in [0.1, 0.15) is 12.4 Å². The van der Waals surface area contributed by atoms with Crippen molar-refractivity contribution in [3.05, 3.63) is 87.7 Å². The number of aromatic amines is 1. The van der Waals surface area contributed by atoms with E-state index in [-0.39, 0.29) is 12.2 Å². The molecule has 1 aliphatic rings. The average Bonchev–Trinajstić information content (AvgIpc) is 2.95. The van der Waals surface area contributed by atoms with Crippen LogP contribution in [-0.2, 0) is 15.1 Å². The van der Waals surface area contributed by atoms with Crippen LogP contribution in [0.4, 0.5) is 0 Å². The number of cyclic esters (lactones) is 1. The number of benzene rings is 2. The van der Waals surface area contributed by atoms with E-state index in [1.807, 2.05) is 24.3 Å². The minimum atomic E-state index is -0.990. The molecule has 0 bridgehead atoms. The molecule has 2 heterocycles. The van der Waals surface area contributed by atoms with E-state index in [2.05, 4.69) is 11.6 Å². The Bertz CT molecular complexity index is 1090. The van der Waals surface area contributed by atoms with Crippen LogP contribution in [0.5, 0.6) is 5.75 Å². The minimum absolute atomic E-state index is 0.0788. The maximum absolute atomic E-state index is 12.0. The Kier molecular flexibility index (Phi) is 4.24. The Labute approximate surface area is 160 Å². The number of halogens is 1. The SMILES string of the molecule is C=C1CC(COc2cccc3ccc(=O)[nH]c23)(c2ccc(Cl)cc2)OC1=O. The van der Waals surface area contributed by atoms with Gasteiger partial charge in [-0.1, -0.05) is 42.4 Å². The predicted octanol–water partition coefficient (Wildman–Crippen LogP) is 3.96. The van der Waals surface area contributed by atoms with E-state index in [1.54, 1.807) is 24.3 Å². The molecular formula is C21H16ClNO4. The third kappa shape index (κ3) is 3.22. The number of hydrogen-bond donors (Lipinski definition) is 1. The maximum Gasteiger partial charge on any atom is 0.334 e. The molecule has 0 aliphatic carbocycles. The second kappa shape index (κ2) is 6.59. The molecule has 3 aromatic rings. The van der Waals surface area contributed by atoms with Gasteiger partial charge < -0.3 is 14.5 Å². The highest BCUT2D eigenvalue weighted by Crippen LogP contribution is 2.40. The zero-order valence-electron chi connectivity index (χ0n) is 14.3. The topological polar surface area (TPSA) is 68.4 Å². The summed E-state index contributed by atoms with van der Waals surface area (Å²) < 4.78 is 11.7. The van der Waals surface area contributed by atoms with Crippen molar-refractivity contribution in [3.8, 4) is 5.75 Å². The summed E-state index contributed by atoms with van der Waals surface area (Å²) in [6, 6.07) is 15.8. The van der Waals surface area contributed by atoms with Crippen LogP contribution in [0.25, 0.3) is 10.9 Å². The van der Waals surface area contributed by atoms with E-state index in [0.29, 0.717) is 28.3 Å². The van der Waals surface area contributed by atoms with Gasteiger partial charge in [0.2, 0.25) is 5.56 Å². The van der Waals surface area contributed by atoms with Crippen molar-refractivity contribution in [1.29, 1.82) is 0 Å². The Hall–Kier alpha value is -3.05. The summed E-state index contributed by atoms with van der Waals surface area (Å²) in [5.41, 5.74) is 0.550. The molecule has 0 radical (unpaired) electrons. The van der Waals surface area contributed by atoms with Crippen LogP contribution >= 0.6 is 11.6 Å². The number of carbonyl (C=O) groups is 1. The molecule has 136 valence electrons. The van der Waals surface area contributed by atoms with E-state index in [4.69, 9.17) is 21.1 Å². The monoisotopic (exact) mass is 381 g/mol. The van der Waals surface area contributed by atoms with Crippen molar-refractivity contribution in [1.82, 2.24) is 4.98 Å². The van der Waals surface area contributed by atoms with Gasteiger partial charge >= 0.3 is 5.97 Å². The molecule has 2 aromatic carbocycles. The fourth-order valence-corrected chi connectivity index (χ4v) is 3.37. The summed E-state index contributed by atoms with van der Waals surface area (Å²) in [6.45, 7) is 3.87. The predicted molar refractivity (Wildman–Crippen MR) is 103 cm³/mol. The Morgan fingerprint density at radius 1 is 1.11 bits per heavy atom. The lowest BCUT2D eigenvalue weighted by Crippen LogP contribution is -2.33. The lowest BCUT2D eigenvalue weighted by atomic mass is 9.90. The molecular weight excluding hydrogens is 366 g/mol. The summed E-state index contributed by atoms with van der Waals surface area (Å²) >= 11 is 5.98. The number of carbonyl (C=O) groups excluding carboxylic acids is 1. The molecule has 1 aromatic heterocycles. The highest BCUT2D eigenvalue weighted by atomic mass is 35.5. The number of nitrogens with one attached hydrogen (secondary N) is 1. The van der Waals surface area contributed by atoms with Crippen LogP contribution in [0.1, 0.15) is 12.0 Å². The van der Waals surface area contributed by atoms with Crippen LogP contribution in [0.2, 0.25) is 5.02 Å². The smallest absolute Gasteiger partial charge is 0.334 e. The lowest BCUT2D eigenvalue weighted by molar-refractivity contribution is -0.150. The van der Waals surface area contributed by atoms with E-state index in [0.717, 1.165) is 10.9 Å². The summed E-state index contributed by atoms with van der Waals surface area (Å²) in [7, 11) is 0. The summed E-state index contributed by atoms with van der Waals surface area (Å²) in [4.78, 5) is 26.5. The summed E-state index contributed by atoms with van der Waals surface area (Å²) in [5, 5.41) is 1.44. The molecule has 1 aliphatic heterocycles. The number of ether oxygens (including phenoxy) is 2. The second-order valence-corrected chi connectivity index (χ2v) is 6.94.